The molecule has 0 bridgehead atoms. The molecule has 1 heterocycles. The van der Waals surface area contributed by atoms with Gasteiger partial charge < -0.3 is 10.2 Å². The molecule has 0 atom stereocenters. The van der Waals surface area contributed by atoms with Crippen LogP contribution in [-0.4, -0.2) is 40.6 Å². The number of alkyl halides is 3. The first-order valence-electron chi connectivity index (χ1n) is 11.6. The van der Waals surface area contributed by atoms with E-state index in [2.05, 4.69) is 33.5 Å². The van der Waals surface area contributed by atoms with Crippen molar-refractivity contribution in [3.8, 4) is 11.3 Å². The SMILES string of the molecule is CN(Cc1cc(-c2ccccc2)[nH]n1)CC1CCC(NC(=O)c2cc(C(F)(F)F)ccc2Cl)CC1. The van der Waals surface area contributed by atoms with Crippen LogP contribution in [0.25, 0.3) is 11.3 Å². The van der Waals surface area contributed by atoms with Gasteiger partial charge >= 0.3 is 6.18 Å². The summed E-state index contributed by atoms with van der Waals surface area (Å²) in [5, 5.41) is 10.4. The fraction of sp³-hybridized carbons (Fsp3) is 0.385. The van der Waals surface area contributed by atoms with E-state index in [1.165, 1.54) is 0 Å². The Morgan fingerprint density at radius 1 is 1.11 bits per heavy atom. The largest absolute Gasteiger partial charge is 0.416 e. The van der Waals surface area contributed by atoms with Gasteiger partial charge in [0.05, 0.1) is 27.5 Å². The van der Waals surface area contributed by atoms with Gasteiger partial charge in [-0.25, -0.2) is 0 Å². The zero-order valence-electron chi connectivity index (χ0n) is 19.4. The maximum atomic E-state index is 13.0. The first kappa shape index (κ1) is 25.3. The lowest BCUT2D eigenvalue weighted by Gasteiger charge is -2.31. The molecule has 9 heteroatoms. The van der Waals surface area contributed by atoms with Crippen molar-refractivity contribution in [2.24, 2.45) is 5.92 Å². The molecule has 1 aromatic heterocycles. The van der Waals surface area contributed by atoms with Crippen molar-refractivity contribution in [2.75, 3.05) is 13.6 Å². The Hall–Kier alpha value is -2.84. The van der Waals surface area contributed by atoms with E-state index in [0.29, 0.717) is 5.92 Å². The van der Waals surface area contributed by atoms with E-state index in [0.717, 1.165) is 73.9 Å². The number of hydrogen-bond donors (Lipinski definition) is 2. The number of nitrogens with one attached hydrogen (secondary N) is 2. The number of carbonyl (C=O) groups excluding carboxylic acids is 1. The van der Waals surface area contributed by atoms with E-state index in [1.54, 1.807) is 0 Å². The molecule has 0 spiro atoms. The Labute approximate surface area is 207 Å². The Morgan fingerprint density at radius 2 is 1.83 bits per heavy atom. The number of H-pyrrole nitrogens is 1. The molecular weight excluding hydrogens is 477 g/mol. The van der Waals surface area contributed by atoms with Gasteiger partial charge in [-0.1, -0.05) is 41.9 Å². The third-order valence-corrected chi connectivity index (χ3v) is 6.77. The monoisotopic (exact) mass is 504 g/mol. The molecule has 1 fully saturated rings. The minimum atomic E-state index is -4.53. The van der Waals surface area contributed by atoms with Gasteiger partial charge in [0.15, 0.2) is 0 Å². The Balaban J connectivity index is 1.25. The summed E-state index contributed by atoms with van der Waals surface area (Å²) in [4.78, 5) is 14.8. The van der Waals surface area contributed by atoms with Crippen LogP contribution in [0.2, 0.25) is 5.02 Å². The number of amides is 1. The number of aromatic nitrogens is 2. The van der Waals surface area contributed by atoms with Crippen molar-refractivity contribution in [2.45, 2.75) is 44.4 Å². The maximum Gasteiger partial charge on any atom is 0.416 e. The highest BCUT2D eigenvalue weighted by molar-refractivity contribution is 6.33. The van der Waals surface area contributed by atoms with Gasteiger partial charge in [0.2, 0.25) is 0 Å². The van der Waals surface area contributed by atoms with Crippen LogP contribution in [-0.2, 0) is 12.7 Å². The highest BCUT2D eigenvalue weighted by Crippen LogP contribution is 2.32. The highest BCUT2D eigenvalue weighted by atomic mass is 35.5. The molecular formula is C26H28ClF3N4O. The van der Waals surface area contributed by atoms with E-state index in [-0.39, 0.29) is 16.6 Å². The number of hydrogen-bond acceptors (Lipinski definition) is 3. The van der Waals surface area contributed by atoms with Crippen molar-refractivity contribution < 1.29 is 18.0 Å². The number of halogens is 4. The molecule has 0 radical (unpaired) electrons. The summed E-state index contributed by atoms with van der Waals surface area (Å²) in [6.45, 7) is 1.64. The van der Waals surface area contributed by atoms with E-state index in [4.69, 9.17) is 11.6 Å². The van der Waals surface area contributed by atoms with E-state index in [1.807, 2.05) is 30.3 Å². The molecule has 5 nitrogen and oxygen atoms in total. The zero-order chi connectivity index (χ0) is 25.0. The molecule has 3 aromatic rings. The first-order valence-corrected chi connectivity index (χ1v) is 12.0. The van der Waals surface area contributed by atoms with Crippen LogP contribution >= 0.6 is 11.6 Å². The van der Waals surface area contributed by atoms with Crippen LogP contribution in [0.4, 0.5) is 13.2 Å². The van der Waals surface area contributed by atoms with Gasteiger partial charge in [0, 0.05) is 19.1 Å². The van der Waals surface area contributed by atoms with E-state index >= 15 is 0 Å². The summed E-state index contributed by atoms with van der Waals surface area (Å²) in [5.74, 6) is -0.0766. The summed E-state index contributed by atoms with van der Waals surface area (Å²) < 4.78 is 39.0. The van der Waals surface area contributed by atoms with Crippen molar-refractivity contribution in [1.82, 2.24) is 20.4 Å². The molecule has 186 valence electrons. The minimum absolute atomic E-state index is 0.0135. The minimum Gasteiger partial charge on any atom is -0.349 e. The number of benzene rings is 2. The lowest BCUT2D eigenvalue weighted by atomic mass is 9.85. The van der Waals surface area contributed by atoms with Gasteiger partial charge in [-0.05, 0) is 68.5 Å². The lowest BCUT2D eigenvalue weighted by Crippen LogP contribution is -2.39. The summed E-state index contributed by atoms with van der Waals surface area (Å²) in [6, 6.07) is 14.9. The fourth-order valence-electron chi connectivity index (χ4n) is 4.62. The molecule has 2 aromatic carbocycles. The molecule has 1 amide bonds. The predicted molar refractivity (Wildman–Crippen MR) is 130 cm³/mol. The van der Waals surface area contributed by atoms with Gasteiger partial charge in [0.1, 0.15) is 0 Å². The molecule has 4 rings (SSSR count). The van der Waals surface area contributed by atoms with E-state index < -0.39 is 17.6 Å². The second-order valence-corrected chi connectivity index (χ2v) is 9.63. The molecule has 1 aliphatic carbocycles. The second-order valence-electron chi connectivity index (χ2n) is 9.22. The van der Waals surface area contributed by atoms with Gasteiger partial charge in [0.25, 0.3) is 5.91 Å². The smallest absolute Gasteiger partial charge is 0.349 e. The molecule has 0 unspecified atom stereocenters. The number of aromatic amines is 1. The zero-order valence-corrected chi connectivity index (χ0v) is 20.2. The number of rotatable bonds is 7. The van der Waals surface area contributed by atoms with Crippen LogP contribution in [0, 0.1) is 5.92 Å². The standard InChI is InChI=1S/C26H28ClF3N4O/c1-34(16-21-14-24(33-32-21)18-5-3-2-4-6-18)15-17-7-10-20(11-8-17)31-25(35)22-13-19(26(28,29)30)9-12-23(22)27/h2-6,9,12-14,17,20H,7-8,10-11,15-16H2,1H3,(H,31,35)(H,32,33). The summed E-state index contributed by atoms with van der Waals surface area (Å²) >= 11 is 6.00. The van der Waals surface area contributed by atoms with Crippen LogP contribution in [0.3, 0.4) is 0 Å². The Kier molecular flexibility index (Phi) is 7.82. The average molecular weight is 505 g/mol. The van der Waals surface area contributed by atoms with Crippen LogP contribution in [0.5, 0.6) is 0 Å². The normalized spacial score (nSPS) is 18.6. The van der Waals surface area contributed by atoms with Crippen molar-refractivity contribution >= 4 is 17.5 Å². The second kappa shape index (κ2) is 10.8. The molecule has 0 aliphatic heterocycles. The first-order chi connectivity index (χ1) is 16.7. The third-order valence-electron chi connectivity index (χ3n) is 6.44. The fourth-order valence-corrected chi connectivity index (χ4v) is 4.82. The van der Waals surface area contributed by atoms with Crippen molar-refractivity contribution in [1.29, 1.82) is 0 Å². The third kappa shape index (κ3) is 6.64. The number of nitrogens with zero attached hydrogens (tertiary/aromatic N) is 2. The molecule has 0 saturated heterocycles. The van der Waals surface area contributed by atoms with E-state index in [9.17, 15) is 18.0 Å². The van der Waals surface area contributed by atoms with Crippen molar-refractivity contribution in [3.05, 3.63) is 76.4 Å². The quantitative estimate of drug-likeness (QED) is 0.404. The lowest BCUT2D eigenvalue weighted by molar-refractivity contribution is -0.137. The van der Waals surface area contributed by atoms with Crippen molar-refractivity contribution in [3.63, 3.8) is 0 Å². The molecule has 35 heavy (non-hydrogen) atoms. The van der Waals surface area contributed by atoms with Gasteiger partial charge in [-0.2, -0.15) is 18.3 Å². The van der Waals surface area contributed by atoms with Gasteiger partial charge in [-0.3, -0.25) is 9.89 Å². The van der Waals surface area contributed by atoms with Crippen LogP contribution < -0.4 is 5.32 Å². The molecule has 1 aliphatic rings. The Morgan fingerprint density at radius 3 is 2.51 bits per heavy atom. The average Bonchev–Trinajstić information content (AvgIpc) is 3.28. The molecule has 2 N–H and O–H groups in total. The summed E-state index contributed by atoms with van der Waals surface area (Å²) in [5.41, 5.74) is 2.04. The number of carbonyl (C=O) groups is 1. The summed E-state index contributed by atoms with van der Waals surface area (Å²) in [6.07, 6.45) is -1.10. The summed E-state index contributed by atoms with van der Waals surface area (Å²) in [7, 11) is 2.07. The highest BCUT2D eigenvalue weighted by Gasteiger charge is 2.32. The predicted octanol–water partition coefficient (Wildman–Crippen LogP) is 6.17. The van der Waals surface area contributed by atoms with Crippen LogP contribution in [0.1, 0.15) is 47.3 Å². The topological polar surface area (TPSA) is 61.0 Å². The maximum absolute atomic E-state index is 13.0. The van der Waals surface area contributed by atoms with Crippen LogP contribution in [0.15, 0.2) is 54.6 Å². The van der Waals surface area contributed by atoms with Gasteiger partial charge in [-0.15, -0.1) is 0 Å². The molecule has 1 saturated carbocycles. The Bertz CT molecular complexity index is 1140.